The Hall–Kier alpha value is -4.26. The lowest BCUT2D eigenvalue weighted by molar-refractivity contribution is -0.132. The molecular weight excluding hydrogens is 468 g/mol. The Labute approximate surface area is 215 Å². The second-order valence-corrected chi connectivity index (χ2v) is 9.64. The number of hydrogen-bond acceptors (Lipinski definition) is 6. The van der Waals surface area contributed by atoms with Crippen LogP contribution in [-0.2, 0) is 27.2 Å². The van der Waals surface area contributed by atoms with Gasteiger partial charge < -0.3 is 9.84 Å². The zero-order chi connectivity index (χ0) is 26.1. The molecule has 5 rings (SSSR count). The SMILES string of the molecule is CC(C)OC(=O)c1cccc(N2C(=O)C(=O)/C(=C(\O)c3ccc4c(c3)CCCC4)C2c2ccncc2)c1. The number of aliphatic hydroxyl groups excluding tert-OH is 1. The van der Waals surface area contributed by atoms with Crippen LogP contribution < -0.4 is 4.90 Å². The summed E-state index contributed by atoms with van der Waals surface area (Å²) in [6, 6.07) is 14.7. The first-order chi connectivity index (χ1) is 17.8. The molecular formula is C30H28N2O5. The van der Waals surface area contributed by atoms with Gasteiger partial charge >= 0.3 is 5.97 Å². The van der Waals surface area contributed by atoms with Crippen molar-refractivity contribution in [2.45, 2.75) is 51.7 Å². The van der Waals surface area contributed by atoms with Crippen LogP contribution in [0.4, 0.5) is 5.69 Å². The first-order valence-electron chi connectivity index (χ1n) is 12.5. The third kappa shape index (κ3) is 4.65. The summed E-state index contributed by atoms with van der Waals surface area (Å²) in [6.07, 6.45) is 6.96. The van der Waals surface area contributed by atoms with E-state index in [4.69, 9.17) is 4.74 Å². The maximum absolute atomic E-state index is 13.4. The maximum Gasteiger partial charge on any atom is 0.338 e. The van der Waals surface area contributed by atoms with Crippen molar-refractivity contribution in [1.29, 1.82) is 0 Å². The molecule has 1 amide bonds. The van der Waals surface area contributed by atoms with Crippen molar-refractivity contribution < 1.29 is 24.2 Å². The number of carbonyl (C=O) groups excluding carboxylic acids is 3. The normalized spacial score (nSPS) is 18.7. The number of rotatable bonds is 5. The molecule has 1 aromatic heterocycles. The highest BCUT2D eigenvalue weighted by atomic mass is 16.5. The predicted molar refractivity (Wildman–Crippen MR) is 139 cm³/mol. The summed E-state index contributed by atoms with van der Waals surface area (Å²) in [4.78, 5) is 44.8. The van der Waals surface area contributed by atoms with Crippen molar-refractivity contribution in [1.82, 2.24) is 4.98 Å². The van der Waals surface area contributed by atoms with Gasteiger partial charge in [0.1, 0.15) is 5.76 Å². The monoisotopic (exact) mass is 496 g/mol. The van der Waals surface area contributed by atoms with Gasteiger partial charge in [-0.3, -0.25) is 19.5 Å². The number of carbonyl (C=O) groups is 3. The van der Waals surface area contributed by atoms with Gasteiger partial charge in [-0.15, -0.1) is 0 Å². The highest BCUT2D eigenvalue weighted by molar-refractivity contribution is 6.51. The number of hydrogen-bond donors (Lipinski definition) is 1. The Morgan fingerprint density at radius 3 is 2.43 bits per heavy atom. The Bertz CT molecular complexity index is 1410. The minimum atomic E-state index is -0.893. The fourth-order valence-corrected chi connectivity index (χ4v) is 5.06. The molecule has 188 valence electrons. The quantitative estimate of drug-likeness (QED) is 0.227. The van der Waals surface area contributed by atoms with E-state index < -0.39 is 23.7 Å². The third-order valence-corrected chi connectivity index (χ3v) is 6.79. The molecule has 1 aliphatic carbocycles. The van der Waals surface area contributed by atoms with Crippen molar-refractivity contribution in [3.63, 3.8) is 0 Å². The molecule has 0 spiro atoms. The molecule has 0 radical (unpaired) electrons. The molecule has 1 fully saturated rings. The van der Waals surface area contributed by atoms with E-state index in [-0.39, 0.29) is 23.0 Å². The number of aryl methyl sites for hydroxylation is 2. The number of ketones is 1. The van der Waals surface area contributed by atoms with E-state index in [0.29, 0.717) is 16.8 Å². The molecule has 1 N–H and O–H groups in total. The Morgan fingerprint density at radius 2 is 1.70 bits per heavy atom. The number of Topliss-reactive ketones (excluding diaryl/α,β-unsaturated/α-hetero) is 1. The van der Waals surface area contributed by atoms with Gasteiger partial charge in [0.05, 0.1) is 23.3 Å². The number of aromatic nitrogens is 1. The molecule has 2 aromatic carbocycles. The summed E-state index contributed by atoms with van der Waals surface area (Å²) in [5.74, 6) is -2.31. The van der Waals surface area contributed by atoms with E-state index >= 15 is 0 Å². The van der Waals surface area contributed by atoms with Crippen LogP contribution in [0.2, 0.25) is 0 Å². The van der Waals surface area contributed by atoms with Crippen molar-refractivity contribution in [2.24, 2.45) is 0 Å². The molecule has 7 heteroatoms. The number of nitrogens with zero attached hydrogens (tertiary/aromatic N) is 2. The highest BCUT2D eigenvalue weighted by Gasteiger charge is 2.47. The number of amides is 1. The maximum atomic E-state index is 13.4. The second kappa shape index (κ2) is 10.0. The molecule has 1 unspecified atom stereocenters. The Kier molecular flexibility index (Phi) is 6.61. The van der Waals surface area contributed by atoms with Crippen molar-refractivity contribution in [3.05, 3.63) is 100 Å². The van der Waals surface area contributed by atoms with E-state index in [1.807, 2.05) is 12.1 Å². The van der Waals surface area contributed by atoms with Crippen LogP contribution in [0.3, 0.4) is 0 Å². The Balaban J connectivity index is 1.64. The van der Waals surface area contributed by atoms with Gasteiger partial charge in [0.25, 0.3) is 11.7 Å². The Morgan fingerprint density at radius 1 is 0.973 bits per heavy atom. The van der Waals surface area contributed by atoms with Crippen molar-refractivity contribution in [2.75, 3.05) is 4.90 Å². The summed E-state index contributed by atoms with van der Waals surface area (Å²) < 4.78 is 5.31. The van der Waals surface area contributed by atoms with Crippen LogP contribution in [0.15, 0.2) is 72.6 Å². The largest absolute Gasteiger partial charge is 0.507 e. The van der Waals surface area contributed by atoms with Crippen LogP contribution in [-0.4, -0.2) is 33.9 Å². The number of fused-ring (bicyclic) bond motifs is 1. The molecule has 1 aliphatic heterocycles. The van der Waals surface area contributed by atoms with Crippen LogP contribution in [0.5, 0.6) is 0 Å². The standard InChI is InChI=1S/C30H28N2O5/c1-18(2)37-30(36)23-8-5-9-24(17-23)32-26(20-12-14-31-15-13-20)25(28(34)29(32)35)27(33)22-11-10-19-6-3-4-7-21(19)16-22/h5,8-18,26,33H,3-4,6-7H2,1-2H3/b27-25-. The fraction of sp³-hybridized carbons (Fsp3) is 0.267. The highest BCUT2D eigenvalue weighted by Crippen LogP contribution is 2.42. The molecule has 1 atom stereocenters. The van der Waals surface area contributed by atoms with E-state index in [1.165, 1.54) is 16.5 Å². The molecule has 37 heavy (non-hydrogen) atoms. The molecule has 3 aromatic rings. The van der Waals surface area contributed by atoms with Gasteiger partial charge in [0.2, 0.25) is 0 Å². The number of benzene rings is 2. The average molecular weight is 497 g/mol. The first kappa shape index (κ1) is 24.4. The van der Waals surface area contributed by atoms with Gasteiger partial charge in [0.15, 0.2) is 0 Å². The molecule has 7 nitrogen and oxygen atoms in total. The third-order valence-electron chi connectivity index (χ3n) is 6.79. The van der Waals surface area contributed by atoms with Gasteiger partial charge in [-0.2, -0.15) is 0 Å². The fourth-order valence-electron chi connectivity index (χ4n) is 5.06. The summed E-state index contributed by atoms with van der Waals surface area (Å²) >= 11 is 0. The summed E-state index contributed by atoms with van der Waals surface area (Å²) in [7, 11) is 0. The van der Waals surface area contributed by atoms with Gasteiger partial charge in [-0.05, 0) is 92.6 Å². The second-order valence-electron chi connectivity index (χ2n) is 9.64. The van der Waals surface area contributed by atoms with Crippen LogP contribution >= 0.6 is 0 Å². The number of aliphatic hydroxyl groups is 1. The van der Waals surface area contributed by atoms with E-state index in [1.54, 1.807) is 62.6 Å². The van der Waals surface area contributed by atoms with Crippen LogP contribution in [0.25, 0.3) is 5.76 Å². The topological polar surface area (TPSA) is 96.8 Å². The lowest BCUT2D eigenvalue weighted by Crippen LogP contribution is -2.29. The number of ether oxygens (including phenoxy) is 1. The summed E-state index contributed by atoms with van der Waals surface area (Å²) in [5.41, 5.74) is 4.14. The van der Waals surface area contributed by atoms with Gasteiger partial charge in [-0.1, -0.05) is 18.2 Å². The van der Waals surface area contributed by atoms with Crippen LogP contribution in [0.1, 0.15) is 65.3 Å². The van der Waals surface area contributed by atoms with Gasteiger partial charge in [0, 0.05) is 23.6 Å². The van der Waals surface area contributed by atoms with E-state index in [0.717, 1.165) is 31.2 Å². The van der Waals surface area contributed by atoms with E-state index in [2.05, 4.69) is 4.98 Å². The lowest BCUT2D eigenvalue weighted by atomic mass is 9.89. The van der Waals surface area contributed by atoms with Gasteiger partial charge in [-0.25, -0.2) is 4.79 Å². The van der Waals surface area contributed by atoms with Crippen LogP contribution in [0, 0.1) is 0 Å². The number of pyridine rings is 1. The molecule has 0 bridgehead atoms. The smallest absolute Gasteiger partial charge is 0.338 e. The zero-order valence-electron chi connectivity index (χ0n) is 20.8. The lowest BCUT2D eigenvalue weighted by Gasteiger charge is -2.26. The zero-order valence-corrected chi connectivity index (χ0v) is 20.8. The van der Waals surface area contributed by atoms with E-state index in [9.17, 15) is 19.5 Å². The van der Waals surface area contributed by atoms with Crippen molar-refractivity contribution >= 4 is 29.1 Å². The molecule has 1 saturated heterocycles. The minimum Gasteiger partial charge on any atom is -0.507 e. The first-order valence-corrected chi connectivity index (χ1v) is 12.5. The minimum absolute atomic E-state index is 0.00196. The summed E-state index contributed by atoms with van der Waals surface area (Å²) in [5, 5.41) is 11.4. The number of esters is 1. The number of anilines is 1. The van der Waals surface area contributed by atoms with Crippen molar-refractivity contribution in [3.8, 4) is 0 Å². The molecule has 0 saturated carbocycles. The molecule has 2 heterocycles. The summed E-state index contributed by atoms with van der Waals surface area (Å²) in [6.45, 7) is 3.51. The average Bonchev–Trinajstić information content (AvgIpc) is 3.18. The molecule has 2 aliphatic rings. The predicted octanol–water partition coefficient (Wildman–Crippen LogP) is 5.15.